The summed E-state index contributed by atoms with van der Waals surface area (Å²) < 4.78 is 0. The molecule has 68 valence electrons. The molecule has 2 heteroatoms. The molecular formula is C9H20ClN. The first-order chi connectivity index (χ1) is 5.18. The molecule has 11 heavy (non-hydrogen) atoms. The van der Waals surface area contributed by atoms with Crippen LogP contribution in [0.1, 0.15) is 33.6 Å². The minimum Gasteiger partial charge on any atom is -0.316 e. The molecule has 0 aliphatic rings. The quantitative estimate of drug-likeness (QED) is 0.486. The molecule has 0 heterocycles. The molecule has 0 saturated carbocycles. The summed E-state index contributed by atoms with van der Waals surface area (Å²) in [4.78, 5) is 0. The molecule has 0 aliphatic carbocycles. The van der Waals surface area contributed by atoms with Crippen molar-refractivity contribution in [3.63, 3.8) is 0 Å². The minimum atomic E-state index is 0.288. The van der Waals surface area contributed by atoms with Crippen molar-refractivity contribution in [1.82, 2.24) is 5.32 Å². The van der Waals surface area contributed by atoms with Crippen LogP contribution in [-0.2, 0) is 0 Å². The van der Waals surface area contributed by atoms with Gasteiger partial charge in [0.15, 0.2) is 0 Å². The Morgan fingerprint density at radius 1 is 1.36 bits per heavy atom. The molecule has 0 amide bonds. The highest BCUT2D eigenvalue weighted by molar-refractivity contribution is 6.18. The lowest BCUT2D eigenvalue weighted by molar-refractivity contribution is 0.334. The molecule has 0 aliphatic heterocycles. The van der Waals surface area contributed by atoms with Crippen molar-refractivity contribution >= 4 is 11.6 Å². The first kappa shape index (κ1) is 11.2. The maximum Gasteiger partial charge on any atom is 0.0289 e. The fourth-order valence-corrected chi connectivity index (χ4v) is 1.12. The largest absolute Gasteiger partial charge is 0.316 e. The molecular weight excluding hydrogens is 158 g/mol. The molecule has 1 nitrogen and oxygen atoms in total. The lowest BCUT2D eigenvalue weighted by atomic mass is 9.90. The summed E-state index contributed by atoms with van der Waals surface area (Å²) >= 11 is 5.85. The van der Waals surface area contributed by atoms with E-state index in [2.05, 4.69) is 26.1 Å². The molecule has 0 bridgehead atoms. The number of halogens is 1. The van der Waals surface area contributed by atoms with Crippen molar-refractivity contribution in [2.24, 2.45) is 5.41 Å². The standard InChI is InChI=1S/C9H20ClN/c1-4-6-11-8-9(3,5-2)7-10/h11H,4-8H2,1-3H3. The van der Waals surface area contributed by atoms with Gasteiger partial charge in [0.05, 0.1) is 0 Å². The van der Waals surface area contributed by atoms with Crippen LogP contribution in [0.5, 0.6) is 0 Å². The third kappa shape index (κ3) is 4.65. The van der Waals surface area contributed by atoms with Crippen LogP contribution >= 0.6 is 11.6 Å². The minimum absolute atomic E-state index is 0.288. The van der Waals surface area contributed by atoms with Crippen LogP contribution in [0, 0.1) is 5.41 Å². The number of hydrogen-bond acceptors (Lipinski definition) is 1. The van der Waals surface area contributed by atoms with Gasteiger partial charge in [0.1, 0.15) is 0 Å². The first-order valence-electron chi connectivity index (χ1n) is 4.45. The van der Waals surface area contributed by atoms with Crippen molar-refractivity contribution in [2.75, 3.05) is 19.0 Å². The highest BCUT2D eigenvalue weighted by Crippen LogP contribution is 2.21. The molecule has 0 radical (unpaired) electrons. The van der Waals surface area contributed by atoms with E-state index >= 15 is 0 Å². The number of rotatable bonds is 6. The van der Waals surface area contributed by atoms with Crippen molar-refractivity contribution < 1.29 is 0 Å². The van der Waals surface area contributed by atoms with E-state index in [-0.39, 0.29) is 5.41 Å². The van der Waals surface area contributed by atoms with Crippen LogP contribution in [0.2, 0.25) is 0 Å². The summed E-state index contributed by atoms with van der Waals surface area (Å²) in [5, 5.41) is 3.39. The second-order valence-electron chi connectivity index (χ2n) is 3.47. The second kappa shape index (κ2) is 5.84. The van der Waals surface area contributed by atoms with Crippen molar-refractivity contribution in [3.05, 3.63) is 0 Å². The molecule has 0 saturated heterocycles. The Bertz CT molecular complexity index is 89.6. The van der Waals surface area contributed by atoms with Crippen molar-refractivity contribution in [1.29, 1.82) is 0 Å². The fraction of sp³-hybridized carbons (Fsp3) is 1.00. The molecule has 0 fully saturated rings. The van der Waals surface area contributed by atoms with Gasteiger partial charge in [0.25, 0.3) is 0 Å². The van der Waals surface area contributed by atoms with E-state index in [1.54, 1.807) is 0 Å². The zero-order valence-electron chi connectivity index (χ0n) is 7.91. The van der Waals surface area contributed by atoms with Gasteiger partial charge < -0.3 is 5.32 Å². The van der Waals surface area contributed by atoms with Crippen LogP contribution in [0.4, 0.5) is 0 Å². The van der Waals surface area contributed by atoms with Gasteiger partial charge in [-0.05, 0) is 24.8 Å². The zero-order chi connectivity index (χ0) is 8.74. The van der Waals surface area contributed by atoms with Gasteiger partial charge >= 0.3 is 0 Å². The lowest BCUT2D eigenvalue weighted by Gasteiger charge is -2.25. The normalized spacial score (nSPS) is 16.4. The second-order valence-corrected chi connectivity index (χ2v) is 3.74. The van der Waals surface area contributed by atoms with Gasteiger partial charge in [-0.1, -0.05) is 20.8 Å². The topological polar surface area (TPSA) is 12.0 Å². The van der Waals surface area contributed by atoms with Crippen LogP contribution in [0.3, 0.4) is 0 Å². The summed E-state index contributed by atoms with van der Waals surface area (Å²) in [6, 6.07) is 0. The third-order valence-electron chi connectivity index (χ3n) is 2.15. The average molecular weight is 178 g/mol. The highest BCUT2D eigenvalue weighted by Gasteiger charge is 2.19. The van der Waals surface area contributed by atoms with Crippen molar-refractivity contribution in [3.8, 4) is 0 Å². The smallest absolute Gasteiger partial charge is 0.0289 e. The van der Waals surface area contributed by atoms with Gasteiger partial charge in [0, 0.05) is 12.4 Å². The first-order valence-corrected chi connectivity index (χ1v) is 4.98. The van der Waals surface area contributed by atoms with Crippen molar-refractivity contribution in [2.45, 2.75) is 33.6 Å². The van der Waals surface area contributed by atoms with E-state index in [9.17, 15) is 0 Å². The molecule has 1 atom stereocenters. The molecule has 1 N–H and O–H groups in total. The van der Waals surface area contributed by atoms with Gasteiger partial charge in [-0.25, -0.2) is 0 Å². The number of alkyl halides is 1. The average Bonchev–Trinajstić information content (AvgIpc) is 2.05. The molecule has 0 rings (SSSR count). The van der Waals surface area contributed by atoms with Gasteiger partial charge in [-0.15, -0.1) is 11.6 Å². The van der Waals surface area contributed by atoms with E-state index < -0.39 is 0 Å². The maximum absolute atomic E-state index is 5.85. The Morgan fingerprint density at radius 2 is 2.00 bits per heavy atom. The number of nitrogens with one attached hydrogen (secondary N) is 1. The Labute approximate surface area is 75.5 Å². The molecule has 0 aromatic carbocycles. The van der Waals surface area contributed by atoms with Gasteiger partial charge in [-0.3, -0.25) is 0 Å². The van der Waals surface area contributed by atoms with Crippen LogP contribution in [0.25, 0.3) is 0 Å². The molecule has 0 spiro atoms. The summed E-state index contributed by atoms with van der Waals surface area (Å²) in [5.41, 5.74) is 0.288. The van der Waals surface area contributed by atoms with E-state index in [1.165, 1.54) is 6.42 Å². The van der Waals surface area contributed by atoms with Gasteiger partial charge in [0.2, 0.25) is 0 Å². The summed E-state index contributed by atoms with van der Waals surface area (Å²) in [7, 11) is 0. The Balaban J connectivity index is 3.51. The van der Waals surface area contributed by atoms with E-state index in [0.29, 0.717) is 0 Å². The summed E-state index contributed by atoms with van der Waals surface area (Å²) in [6.07, 6.45) is 2.34. The Morgan fingerprint density at radius 3 is 2.36 bits per heavy atom. The summed E-state index contributed by atoms with van der Waals surface area (Å²) in [5.74, 6) is 0.750. The van der Waals surface area contributed by atoms with Crippen LogP contribution in [0.15, 0.2) is 0 Å². The summed E-state index contributed by atoms with van der Waals surface area (Å²) in [6.45, 7) is 8.74. The molecule has 0 aromatic rings. The zero-order valence-corrected chi connectivity index (χ0v) is 8.67. The van der Waals surface area contributed by atoms with Crippen LogP contribution in [-0.4, -0.2) is 19.0 Å². The van der Waals surface area contributed by atoms with Gasteiger partial charge in [-0.2, -0.15) is 0 Å². The Hall–Kier alpha value is 0.250. The SMILES string of the molecule is CCCNCC(C)(CC)CCl. The molecule has 1 unspecified atom stereocenters. The maximum atomic E-state index is 5.85. The third-order valence-corrected chi connectivity index (χ3v) is 2.80. The highest BCUT2D eigenvalue weighted by atomic mass is 35.5. The Kier molecular flexibility index (Phi) is 5.98. The monoisotopic (exact) mass is 177 g/mol. The number of hydrogen-bond donors (Lipinski definition) is 1. The predicted molar refractivity (Wildman–Crippen MR) is 52.3 cm³/mol. The lowest BCUT2D eigenvalue weighted by Crippen LogP contribution is -2.33. The fourth-order valence-electron chi connectivity index (χ4n) is 0.834. The van der Waals surface area contributed by atoms with E-state index in [1.807, 2.05) is 0 Å². The molecule has 0 aromatic heterocycles. The van der Waals surface area contributed by atoms with Crippen LogP contribution < -0.4 is 5.32 Å². The van der Waals surface area contributed by atoms with E-state index in [0.717, 1.165) is 25.4 Å². The predicted octanol–water partition coefficient (Wildman–Crippen LogP) is 2.64. The van der Waals surface area contributed by atoms with E-state index in [4.69, 9.17) is 11.6 Å².